The molecule has 0 aliphatic carbocycles. The van der Waals surface area contributed by atoms with Crippen LogP contribution in [0.3, 0.4) is 0 Å². The van der Waals surface area contributed by atoms with E-state index in [1.165, 1.54) is 7.11 Å². The van der Waals surface area contributed by atoms with Crippen LogP contribution in [0, 0.1) is 0 Å². The summed E-state index contributed by atoms with van der Waals surface area (Å²) in [6.45, 7) is 0. The lowest BCUT2D eigenvalue weighted by Crippen LogP contribution is -2.14. The van der Waals surface area contributed by atoms with Crippen LogP contribution in [0.25, 0.3) is 0 Å². The monoisotopic (exact) mass is 146 g/mol. The van der Waals surface area contributed by atoms with Crippen molar-refractivity contribution < 1.29 is 4.84 Å². The Morgan fingerprint density at radius 3 is 2.73 bits per heavy atom. The Kier molecular flexibility index (Phi) is 3.25. The molecule has 0 aliphatic heterocycles. The summed E-state index contributed by atoms with van der Waals surface area (Å²) < 4.78 is 0. The van der Waals surface area contributed by atoms with Gasteiger partial charge in [0.1, 0.15) is 7.11 Å². The summed E-state index contributed by atoms with van der Waals surface area (Å²) in [5, 5.41) is 3.59. The van der Waals surface area contributed by atoms with Crippen LogP contribution < -0.4 is 5.46 Å². The quantitative estimate of drug-likeness (QED) is 0.347. The van der Waals surface area contributed by atoms with Gasteiger partial charge in [-0.1, -0.05) is 35.8 Å². The van der Waals surface area contributed by atoms with Gasteiger partial charge in [-0.2, -0.15) is 0 Å². The molecule has 11 heavy (non-hydrogen) atoms. The van der Waals surface area contributed by atoms with Crippen LogP contribution >= 0.6 is 0 Å². The molecule has 0 unspecified atom stereocenters. The number of benzene rings is 1. The molecular formula is C8H9BNO. The number of nitrogens with zero attached hydrogens (tertiary/aromatic N) is 1. The lowest BCUT2D eigenvalue weighted by Gasteiger charge is -1.90. The Labute approximate surface area is 67.1 Å². The van der Waals surface area contributed by atoms with E-state index in [-0.39, 0.29) is 0 Å². The van der Waals surface area contributed by atoms with Crippen molar-refractivity contribution in [3.63, 3.8) is 0 Å². The van der Waals surface area contributed by atoms with Crippen molar-refractivity contribution in [1.82, 2.24) is 0 Å². The minimum absolute atomic E-state index is 1.12. The van der Waals surface area contributed by atoms with E-state index in [0.29, 0.717) is 0 Å². The van der Waals surface area contributed by atoms with Crippen LogP contribution in [-0.2, 0) is 4.84 Å². The van der Waals surface area contributed by atoms with Gasteiger partial charge in [0.15, 0.2) is 0 Å². The summed E-state index contributed by atoms with van der Waals surface area (Å²) in [7, 11) is 3.40. The van der Waals surface area contributed by atoms with Gasteiger partial charge in [0.05, 0.1) is 0 Å². The van der Waals surface area contributed by atoms with Crippen molar-refractivity contribution in [2.24, 2.45) is 5.16 Å². The van der Waals surface area contributed by atoms with E-state index in [0.717, 1.165) is 5.46 Å². The summed E-state index contributed by atoms with van der Waals surface area (Å²) in [5.74, 6) is 0. The van der Waals surface area contributed by atoms with Crippen LogP contribution in [0.15, 0.2) is 35.5 Å². The lowest BCUT2D eigenvalue weighted by atomic mass is 9.72. The first-order valence-electron chi connectivity index (χ1n) is 3.38. The Morgan fingerprint density at radius 2 is 2.09 bits per heavy atom. The van der Waals surface area contributed by atoms with E-state index in [1.807, 2.05) is 37.6 Å². The highest BCUT2D eigenvalue weighted by Gasteiger charge is 1.88. The van der Waals surface area contributed by atoms with Crippen molar-refractivity contribution in [2.75, 3.05) is 7.11 Å². The molecule has 0 aromatic heterocycles. The summed E-state index contributed by atoms with van der Waals surface area (Å²) in [6.07, 6.45) is 1.62. The Morgan fingerprint density at radius 1 is 1.36 bits per heavy atom. The Balaban J connectivity index is 2.45. The van der Waals surface area contributed by atoms with Crippen molar-refractivity contribution in [1.29, 1.82) is 0 Å². The van der Waals surface area contributed by atoms with Gasteiger partial charge in [0, 0.05) is 6.11 Å². The van der Waals surface area contributed by atoms with Crippen LogP contribution in [0.5, 0.6) is 0 Å². The van der Waals surface area contributed by atoms with Crippen LogP contribution in [0.1, 0.15) is 0 Å². The Bertz CT molecular complexity index is 223. The minimum Gasteiger partial charge on any atom is -0.400 e. The van der Waals surface area contributed by atoms with Crippen LogP contribution in [-0.4, -0.2) is 20.5 Å². The third-order valence-corrected chi connectivity index (χ3v) is 1.23. The van der Waals surface area contributed by atoms with Gasteiger partial charge in [0.2, 0.25) is 7.28 Å². The zero-order valence-corrected chi connectivity index (χ0v) is 6.40. The number of oxime groups is 1. The average molecular weight is 146 g/mol. The molecule has 0 spiro atoms. The average Bonchev–Trinajstić information content (AvgIpc) is 2.07. The molecule has 0 saturated heterocycles. The van der Waals surface area contributed by atoms with E-state index in [9.17, 15) is 0 Å². The maximum absolute atomic E-state index is 4.50. The first kappa shape index (κ1) is 7.86. The molecule has 0 amide bonds. The second-order valence-electron chi connectivity index (χ2n) is 2.01. The zero-order chi connectivity index (χ0) is 7.94. The molecule has 0 aliphatic rings. The molecule has 0 N–H and O–H groups in total. The summed E-state index contributed by atoms with van der Waals surface area (Å²) >= 11 is 0. The van der Waals surface area contributed by atoms with Gasteiger partial charge >= 0.3 is 0 Å². The molecule has 0 fully saturated rings. The molecular weight excluding hydrogens is 137 g/mol. The number of hydrogen-bond donors (Lipinski definition) is 0. The van der Waals surface area contributed by atoms with Gasteiger partial charge in [-0.3, -0.25) is 0 Å². The number of rotatable bonds is 3. The van der Waals surface area contributed by atoms with Crippen LogP contribution in [0.4, 0.5) is 0 Å². The second kappa shape index (κ2) is 4.55. The summed E-state index contributed by atoms with van der Waals surface area (Å²) in [5.41, 5.74) is 1.12. The maximum Gasteiger partial charge on any atom is 0.211 e. The van der Waals surface area contributed by atoms with Crippen molar-refractivity contribution in [3.8, 4) is 0 Å². The highest BCUT2D eigenvalue weighted by Crippen LogP contribution is 1.79. The van der Waals surface area contributed by atoms with E-state index < -0.39 is 0 Å². The smallest absolute Gasteiger partial charge is 0.211 e. The molecule has 1 aromatic rings. The molecule has 1 aromatic carbocycles. The van der Waals surface area contributed by atoms with E-state index in [2.05, 4.69) is 9.99 Å². The van der Waals surface area contributed by atoms with Gasteiger partial charge in [-0.25, -0.2) is 0 Å². The first-order valence-corrected chi connectivity index (χ1v) is 3.38. The molecule has 2 nitrogen and oxygen atoms in total. The SMILES string of the molecule is CON=C[B]c1ccccc1. The van der Waals surface area contributed by atoms with Crippen LogP contribution in [0.2, 0.25) is 0 Å². The molecule has 1 radical (unpaired) electrons. The summed E-state index contributed by atoms with van der Waals surface area (Å²) in [4.78, 5) is 4.50. The molecule has 0 bridgehead atoms. The van der Waals surface area contributed by atoms with E-state index in [4.69, 9.17) is 0 Å². The largest absolute Gasteiger partial charge is 0.400 e. The molecule has 55 valence electrons. The lowest BCUT2D eigenvalue weighted by molar-refractivity contribution is 0.216. The van der Waals surface area contributed by atoms with Gasteiger partial charge in [-0.05, 0) is 0 Å². The normalized spacial score (nSPS) is 9.91. The maximum atomic E-state index is 4.50. The fraction of sp³-hybridized carbons (Fsp3) is 0.125. The van der Waals surface area contributed by atoms with Crippen molar-refractivity contribution in [3.05, 3.63) is 30.3 Å². The van der Waals surface area contributed by atoms with Gasteiger partial charge in [0.25, 0.3) is 0 Å². The van der Waals surface area contributed by atoms with E-state index >= 15 is 0 Å². The number of hydrogen-bond acceptors (Lipinski definition) is 2. The summed E-state index contributed by atoms with van der Waals surface area (Å²) in [6, 6.07) is 9.94. The fourth-order valence-electron chi connectivity index (χ4n) is 0.742. The molecule has 1 rings (SSSR count). The zero-order valence-electron chi connectivity index (χ0n) is 6.40. The van der Waals surface area contributed by atoms with Crippen molar-refractivity contribution in [2.45, 2.75) is 0 Å². The standard InChI is InChI=1S/C8H9BNO/c1-11-10-7-9-8-5-3-2-4-6-8/h2-7H,1H3. The molecule has 0 saturated carbocycles. The Hall–Kier alpha value is -1.25. The minimum atomic E-state index is 1.12. The predicted molar refractivity (Wildman–Crippen MR) is 47.3 cm³/mol. The highest BCUT2D eigenvalue weighted by atomic mass is 16.6. The highest BCUT2D eigenvalue weighted by molar-refractivity contribution is 6.79. The topological polar surface area (TPSA) is 21.6 Å². The molecule has 0 atom stereocenters. The second-order valence-corrected chi connectivity index (χ2v) is 2.01. The first-order chi connectivity index (χ1) is 5.43. The molecule has 0 heterocycles. The molecule has 3 heteroatoms. The fourth-order valence-corrected chi connectivity index (χ4v) is 0.742. The predicted octanol–water partition coefficient (Wildman–Crippen LogP) is 0.606. The van der Waals surface area contributed by atoms with Gasteiger partial charge < -0.3 is 4.84 Å². The van der Waals surface area contributed by atoms with Crippen molar-refractivity contribution >= 4 is 18.9 Å². The van der Waals surface area contributed by atoms with E-state index in [1.54, 1.807) is 6.11 Å². The van der Waals surface area contributed by atoms with Gasteiger partial charge in [-0.15, -0.1) is 5.16 Å². The third-order valence-electron chi connectivity index (χ3n) is 1.23. The third kappa shape index (κ3) is 2.89.